The molecule has 1 heterocycles. The predicted molar refractivity (Wildman–Crippen MR) is 105 cm³/mol. The highest BCUT2D eigenvalue weighted by molar-refractivity contribution is 7.14. The number of benzene rings is 1. The SMILES string of the molecule is Cc1cccc(C)c1NC(=O)[C@@H](C)OC(=O)c1cc2c(s1)CC[C@H](C)C2. The van der Waals surface area contributed by atoms with Crippen molar-refractivity contribution in [2.45, 2.75) is 53.1 Å². The van der Waals surface area contributed by atoms with Gasteiger partial charge in [-0.05, 0) is 68.7 Å². The number of esters is 1. The van der Waals surface area contributed by atoms with Crippen LogP contribution in [0.25, 0.3) is 0 Å². The Kier molecular flexibility index (Phi) is 5.47. The van der Waals surface area contributed by atoms with Crippen molar-refractivity contribution >= 4 is 28.9 Å². The van der Waals surface area contributed by atoms with E-state index in [1.807, 2.05) is 38.1 Å². The number of carbonyl (C=O) groups is 2. The van der Waals surface area contributed by atoms with Gasteiger partial charge in [-0.2, -0.15) is 0 Å². The smallest absolute Gasteiger partial charge is 0.349 e. The van der Waals surface area contributed by atoms with Crippen LogP contribution in [-0.2, 0) is 22.4 Å². The number of nitrogens with one attached hydrogen (secondary N) is 1. The second-order valence-corrected chi connectivity index (χ2v) is 8.35. The van der Waals surface area contributed by atoms with Crippen molar-refractivity contribution in [1.82, 2.24) is 0 Å². The fourth-order valence-electron chi connectivity index (χ4n) is 3.32. The van der Waals surface area contributed by atoms with Crippen LogP contribution in [0.15, 0.2) is 24.3 Å². The average molecular weight is 372 g/mol. The van der Waals surface area contributed by atoms with Gasteiger partial charge in [-0.1, -0.05) is 25.1 Å². The number of amides is 1. The highest BCUT2D eigenvalue weighted by Gasteiger charge is 2.24. The number of para-hydroxylation sites is 1. The zero-order valence-electron chi connectivity index (χ0n) is 15.7. The number of carbonyl (C=O) groups excluding carboxylic acids is 2. The zero-order chi connectivity index (χ0) is 18.8. The standard InChI is InChI=1S/C21H25NO3S/c1-12-8-9-17-16(10-12)11-18(26-17)21(24)25-15(4)20(23)22-19-13(2)6-5-7-14(19)3/h5-7,11-12,15H,8-10H2,1-4H3,(H,22,23)/t12-,15+/m0/s1. The van der Waals surface area contributed by atoms with Gasteiger partial charge >= 0.3 is 5.97 Å². The van der Waals surface area contributed by atoms with Crippen LogP contribution in [0.2, 0.25) is 0 Å². The number of aryl methyl sites for hydroxylation is 3. The number of fused-ring (bicyclic) bond motifs is 1. The van der Waals surface area contributed by atoms with Crippen LogP contribution in [0.1, 0.15) is 51.5 Å². The molecule has 0 saturated carbocycles. The largest absolute Gasteiger partial charge is 0.448 e. The number of anilines is 1. The van der Waals surface area contributed by atoms with E-state index in [4.69, 9.17) is 4.74 Å². The predicted octanol–water partition coefficient (Wildman–Crippen LogP) is 4.67. The van der Waals surface area contributed by atoms with Crippen LogP contribution < -0.4 is 5.32 Å². The first kappa shape index (κ1) is 18.6. The monoisotopic (exact) mass is 371 g/mol. The molecule has 2 aromatic rings. The molecule has 4 nitrogen and oxygen atoms in total. The number of ether oxygens (including phenoxy) is 1. The maximum atomic E-state index is 12.5. The lowest BCUT2D eigenvalue weighted by molar-refractivity contribution is -0.123. The van der Waals surface area contributed by atoms with E-state index in [0.29, 0.717) is 10.8 Å². The second kappa shape index (κ2) is 7.62. The lowest BCUT2D eigenvalue weighted by Gasteiger charge is -2.16. The first-order chi connectivity index (χ1) is 12.3. The molecule has 1 amide bonds. The van der Waals surface area contributed by atoms with Crippen LogP contribution in [0.4, 0.5) is 5.69 Å². The van der Waals surface area contributed by atoms with Gasteiger partial charge in [0.05, 0.1) is 0 Å². The molecule has 1 aliphatic rings. The topological polar surface area (TPSA) is 55.4 Å². The Morgan fingerprint density at radius 2 is 1.96 bits per heavy atom. The Morgan fingerprint density at radius 1 is 1.27 bits per heavy atom. The van der Waals surface area contributed by atoms with Crippen LogP contribution in [0, 0.1) is 19.8 Å². The van der Waals surface area contributed by atoms with Gasteiger partial charge in [-0.3, -0.25) is 4.79 Å². The molecule has 138 valence electrons. The van der Waals surface area contributed by atoms with Crippen molar-refractivity contribution in [2.24, 2.45) is 5.92 Å². The Morgan fingerprint density at radius 3 is 2.65 bits per heavy atom. The third kappa shape index (κ3) is 3.98. The molecule has 1 aliphatic carbocycles. The number of rotatable bonds is 4. The summed E-state index contributed by atoms with van der Waals surface area (Å²) in [5.74, 6) is -0.0741. The van der Waals surface area contributed by atoms with Gasteiger partial charge < -0.3 is 10.1 Å². The van der Waals surface area contributed by atoms with Crippen LogP contribution in [0.3, 0.4) is 0 Å². The summed E-state index contributed by atoms with van der Waals surface area (Å²) < 4.78 is 5.41. The normalized spacial score (nSPS) is 17.3. The fraction of sp³-hybridized carbons (Fsp3) is 0.429. The minimum Gasteiger partial charge on any atom is -0.448 e. The lowest BCUT2D eigenvalue weighted by Crippen LogP contribution is -2.30. The van der Waals surface area contributed by atoms with Gasteiger partial charge in [0.1, 0.15) is 4.88 Å². The molecule has 0 bridgehead atoms. The first-order valence-electron chi connectivity index (χ1n) is 9.04. The van der Waals surface area contributed by atoms with Gasteiger partial charge in [0, 0.05) is 10.6 Å². The van der Waals surface area contributed by atoms with E-state index in [1.165, 1.54) is 21.8 Å². The minimum absolute atomic E-state index is 0.314. The average Bonchev–Trinajstić information content (AvgIpc) is 3.01. The summed E-state index contributed by atoms with van der Waals surface area (Å²) in [6.07, 6.45) is 2.36. The molecule has 1 aromatic carbocycles. The molecule has 0 spiro atoms. The van der Waals surface area contributed by atoms with Crippen LogP contribution in [0.5, 0.6) is 0 Å². The second-order valence-electron chi connectivity index (χ2n) is 7.21. The summed E-state index contributed by atoms with van der Waals surface area (Å²) in [5.41, 5.74) is 4.00. The molecule has 5 heteroatoms. The summed E-state index contributed by atoms with van der Waals surface area (Å²) in [5, 5.41) is 2.88. The van der Waals surface area contributed by atoms with Crippen molar-refractivity contribution in [3.05, 3.63) is 50.7 Å². The van der Waals surface area contributed by atoms with Crippen LogP contribution in [-0.4, -0.2) is 18.0 Å². The summed E-state index contributed by atoms with van der Waals surface area (Å²) in [6, 6.07) is 7.77. The van der Waals surface area contributed by atoms with Gasteiger partial charge in [-0.25, -0.2) is 4.79 Å². The van der Waals surface area contributed by atoms with Crippen molar-refractivity contribution in [1.29, 1.82) is 0 Å². The Labute approximate surface area is 158 Å². The first-order valence-corrected chi connectivity index (χ1v) is 9.86. The summed E-state index contributed by atoms with van der Waals surface area (Å²) in [6.45, 7) is 7.72. The molecule has 3 rings (SSSR count). The molecule has 0 saturated heterocycles. The molecule has 1 N–H and O–H groups in total. The Hall–Kier alpha value is -2.14. The molecule has 0 unspecified atom stereocenters. The van der Waals surface area contributed by atoms with Gasteiger partial charge in [0.2, 0.25) is 0 Å². The van der Waals surface area contributed by atoms with Gasteiger partial charge in [0.15, 0.2) is 6.10 Å². The van der Waals surface area contributed by atoms with E-state index in [2.05, 4.69) is 12.2 Å². The Balaban J connectivity index is 1.65. The van der Waals surface area contributed by atoms with Crippen LogP contribution >= 0.6 is 11.3 Å². The van der Waals surface area contributed by atoms with E-state index >= 15 is 0 Å². The minimum atomic E-state index is -0.848. The Bertz CT molecular complexity index is 820. The number of hydrogen-bond acceptors (Lipinski definition) is 4. The van der Waals surface area contributed by atoms with E-state index in [1.54, 1.807) is 6.92 Å². The van der Waals surface area contributed by atoms with Gasteiger partial charge in [-0.15, -0.1) is 11.3 Å². The number of thiophene rings is 1. The third-order valence-electron chi connectivity index (χ3n) is 4.91. The summed E-state index contributed by atoms with van der Waals surface area (Å²) >= 11 is 1.50. The summed E-state index contributed by atoms with van der Waals surface area (Å²) in [4.78, 5) is 26.8. The zero-order valence-corrected chi connectivity index (χ0v) is 16.5. The van der Waals surface area contributed by atoms with Crippen molar-refractivity contribution in [3.63, 3.8) is 0 Å². The highest BCUT2D eigenvalue weighted by atomic mass is 32.1. The van der Waals surface area contributed by atoms with Crippen molar-refractivity contribution in [2.75, 3.05) is 5.32 Å². The van der Waals surface area contributed by atoms with E-state index in [0.717, 1.165) is 36.1 Å². The lowest BCUT2D eigenvalue weighted by atomic mass is 9.90. The molecule has 0 radical (unpaired) electrons. The van der Waals surface area contributed by atoms with Crippen molar-refractivity contribution < 1.29 is 14.3 Å². The molecular weight excluding hydrogens is 346 g/mol. The third-order valence-corrected chi connectivity index (χ3v) is 6.13. The molecule has 2 atom stereocenters. The number of hydrogen-bond donors (Lipinski definition) is 1. The molecule has 1 aromatic heterocycles. The van der Waals surface area contributed by atoms with Crippen molar-refractivity contribution in [3.8, 4) is 0 Å². The molecular formula is C21H25NO3S. The maximum absolute atomic E-state index is 12.5. The quantitative estimate of drug-likeness (QED) is 0.795. The molecule has 26 heavy (non-hydrogen) atoms. The molecule has 0 aliphatic heterocycles. The van der Waals surface area contributed by atoms with E-state index < -0.39 is 12.1 Å². The molecule has 0 fully saturated rings. The highest BCUT2D eigenvalue weighted by Crippen LogP contribution is 2.32. The maximum Gasteiger partial charge on any atom is 0.349 e. The van der Waals surface area contributed by atoms with Gasteiger partial charge in [0.25, 0.3) is 5.91 Å². The summed E-state index contributed by atoms with van der Waals surface area (Å²) in [7, 11) is 0. The van der Waals surface area contributed by atoms with E-state index in [-0.39, 0.29) is 5.91 Å². The van der Waals surface area contributed by atoms with E-state index in [9.17, 15) is 9.59 Å². The fourth-order valence-corrected chi connectivity index (χ4v) is 4.41.